The minimum atomic E-state index is -0.689. The van der Waals surface area contributed by atoms with E-state index < -0.39 is 23.6 Å². The number of pyridine rings is 1. The molecule has 4 atom stereocenters. The number of nitrogens with zero attached hydrogens (tertiary/aromatic N) is 2. The number of amides is 2. The number of alkyl halides is 1. The molecular formula is C21H26ClN3O4. The number of ether oxygens (including phenoxy) is 1. The summed E-state index contributed by atoms with van der Waals surface area (Å²) in [4.78, 5) is 44.2. The average Bonchev–Trinajstić information content (AvgIpc) is 3.28. The summed E-state index contributed by atoms with van der Waals surface area (Å²) in [5, 5.41) is 2.52. The summed E-state index contributed by atoms with van der Waals surface area (Å²) in [6, 6.07) is 2.02. The van der Waals surface area contributed by atoms with Crippen LogP contribution in [0.4, 0.5) is 0 Å². The zero-order valence-corrected chi connectivity index (χ0v) is 17.2. The van der Waals surface area contributed by atoms with Crippen molar-refractivity contribution in [2.75, 3.05) is 13.2 Å². The Morgan fingerprint density at radius 2 is 2.07 bits per heavy atom. The van der Waals surface area contributed by atoms with Crippen LogP contribution in [0.3, 0.4) is 0 Å². The van der Waals surface area contributed by atoms with E-state index in [1.54, 1.807) is 18.3 Å². The fraction of sp³-hybridized carbons (Fsp3) is 0.619. The lowest BCUT2D eigenvalue weighted by Crippen LogP contribution is -2.55. The van der Waals surface area contributed by atoms with E-state index in [-0.39, 0.29) is 36.7 Å². The lowest BCUT2D eigenvalue weighted by Gasteiger charge is -2.35. The van der Waals surface area contributed by atoms with Gasteiger partial charge >= 0.3 is 0 Å². The minimum absolute atomic E-state index is 0.0179. The second kappa shape index (κ2) is 8.40. The third kappa shape index (κ3) is 4.03. The van der Waals surface area contributed by atoms with Gasteiger partial charge in [-0.25, -0.2) is 0 Å². The van der Waals surface area contributed by atoms with Gasteiger partial charge in [0.05, 0.1) is 10.9 Å². The summed E-state index contributed by atoms with van der Waals surface area (Å²) in [5.74, 6) is -0.0454. The van der Waals surface area contributed by atoms with Gasteiger partial charge in [0.25, 0.3) is 5.91 Å². The summed E-state index contributed by atoms with van der Waals surface area (Å²) < 4.78 is 5.50. The van der Waals surface area contributed by atoms with Gasteiger partial charge in [0.1, 0.15) is 24.8 Å². The van der Waals surface area contributed by atoms with E-state index in [0.29, 0.717) is 11.5 Å². The molecule has 0 spiro atoms. The Morgan fingerprint density at radius 1 is 1.31 bits per heavy atom. The van der Waals surface area contributed by atoms with E-state index in [1.165, 1.54) is 11.1 Å². The molecule has 0 aromatic carbocycles. The first-order chi connectivity index (χ1) is 14.0. The van der Waals surface area contributed by atoms with Gasteiger partial charge < -0.3 is 15.0 Å². The lowest BCUT2D eigenvalue weighted by atomic mass is 9.78. The Morgan fingerprint density at radius 3 is 2.76 bits per heavy atom. The summed E-state index contributed by atoms with van der Waals surface area (Å²) in [7, 11) is 0. The van der Waals surface area contributed by atoms with Crippen LogP contribution in [0.5, 0.6) is 0 Å². The summed E-state index contributed by atoms with van der Waals surface area (Å²) in [6.07, 6.45) is 6.37. The number of fused-ring (bicyclic) bond motifs is 1. The molecule has 2 amide bonds. The molecule has 1 saturated carbocycles. The molecule has 1 aliphatic carbocycles. The van der Waals surface area contributed by atoms with Crippen LogP contribution in [-0.4, -0.2) is 64.2 Å². The van der Waals surface area contributed by atoms with E-state index in [0.717, 1.165) is 25.7 Å². The van der Waals surface area contributed by atoms with Crippen LogP contribution in [0.1, 0.15) is 43.0 Å². The van der Waals surface area contributed by atoms with Gasteiger partial charge in [-0.3, -0.25) is 19.4 Å². The van der Waals surface area contributed by atoms with Crippen molar-refractivity contribution in [2.45, 2.75) is 56.2 Å². The molecule has 1 aromatic rings. The highest BCUT2D eigenvalue weighted by Gasteiger charge is 2.53. The van der Waals surface area contributed by atoms with Crippen LogP contribution in [0.25, 0.3) is 0 Å². The quantitative estimate of drug-likeness (QED) is 0.751. The standard InChI is InChI=1S/C21H26ClN3O4/c1-12-4-6-13(7-5-12)17(24-20(27)14-3-2-8-23-9-14)21(28)25-10-15(22)19-18(25)16(26)11-29-19/h2-3,8-9,12-13,15,17-19H,4-7,10-11H2,1H3,(H,24,27)/t12?,13?,15-,17-,18+,19+/m0/s1. The first kappa shape index (κ1) is 20.3. The molecule has 7 nitrogen and oxygen atoms in total. The van der Waals surface area contributed by atoms with E-state index in [2.05, 4.69) is 17.2 Å². The molecule has 3 fully saturated rings. The van der Waals surface area contributed by atoms with E-state index in [4.69, 9.17) is 16.3 Å². The maximum Gasteiger partial charge on any atom is 0.253 e. The monoisotopic (exact) mass is 419 g/mol. The van der Waals surface area contributed by atoms with E-state index in [1.807, 2.05) is 0 Å². The Kier molecular flexibility index (Phi) is 5.88. The van der Waals surface area contributed by atoms with Crippen molar-refractivity contribution in [3.63, 3.8) is 0 Å². The molecule has 0 unspecified atom stereocenters. The number of nitrogens with one attached hydrogen (secondary N) is 1. The second-order valence-electron chi connectivity index (χ2n) is 8.41. The van der Waals surface area contributed by atoms with Gasteiger partial charge in [0.15, 0.2) is 5.78 Å². The number of carbonyl (C=O) groups is 3. The molecule has 2 saturated heterocycles. The first-order valence-corrected chi connectivity index (χ1v) is 10.7. The molecule has 156 valence electrons. The second-order valence-corrected chi connectivity index (χ2v) is 8.97. The molecule has 0 bridgehead atoms. The zero-order chi connectivity index (χ0) is 20.5. The highest BCUT2D eigenvalue weighted by Crippen LogP contribution is 2.35. The van der Waals surface area contributed by atoms with Crippen LogP contribution in [0.2, 0.25) is 0 Å². The van der Waals surface area contributed by atoms with Gasteiger partial charge in [-0.1, -0.05) is 19.8 Å². The van der Waals surface area contributed by atoms with Crippen molar-refractivity contribution in [1.82, 2.24) is 15.2 Å². The summed E-state index contributed by atoms with van der Waals surface area (Å²) in [6.45, 7) is 2.44. The Labute approximate surface area is 175 Å². The molecule has 3 heterocycles. The molecule has 8 heteroatoms. The number of rotatable bonds is 4. The van der Waals surface area contributed by atoms with Crippen LogP contribution >= 0.6 is 11.6 Å². The van der Waals surface area contributed by atoms with Gasteiger partial charge in [0, 0.05) is 18.9 Å². The van der Waals surface area contributed by atoms with E-state index >= 15 is 0 Å². The third-order valence-electron chi connectivity index (χ3n) is 6.41. The molecule has 1 aromatic heterocycles. The van der Waals surface area contributed by atoms with Gasteiger partial charge in [-0.15, -0.1) is 11.6 Å². The van der Waals surface area contributed by atoms with Crippen molar-refractivity contribution in [3.05, 3.63) is 30.1 Å². The molecule has 29 heavy (non-hydrogen) atoms. The Balaban J connectivity index is 1.57. The van der Waals surface area contributed by atoms with Crippen LogP contribution in [-0.2, 0) is 14.3 Å². The molecule has 4 rings (SSSR count). The SMILES string of the molecule is CC1CCC([C@H](NC(=O)c2cccnc2)C(=O)N2C[C@H](Cl)[C@H]3OCC(=O)[C@H]32)CC1. The number of Topliss-reactive ketones (excluding diaryl/α,β-unsaturated/α-hetero) is 1. The summed E-state index contributed by atoms with van der Waals surface area (Å²) >= 11 is 6.36. The zero-order valence-electron chi connectivity index (χ0n) is 16.4. The van der Waals surface area contributed by atoms with Crippen molar-refractivity contribution in [1.29, 1.82) is 0 Å². The molecular weight excluding hydrogens is 394 g/mol. The molecule has 1 N–H and O–H groups in total. The normalized spacial score (nSPS) is 32.7. The highest BCUT2D eigenvalue weighted by molar-refractivity contribution is 6.22. The number of hydrogen-bond donors (Lipinski definition) is 1. The van der Waals surface area contributed by atoms with Crippen LogP contribution in [0.15, 0.2) is 24.5 Å². The van der Waals surface area contributed by atoms with Crippen LogP contribution in [0, 0.1) is 11.8 Å². The number of carbonyl (C=O) groups excluding carboxylic acids is 3. The van der Waals surface area contributed by atoms with Crippen molar-refractivity contribution in [2.24, 2.45) is 11.8 Å². The smallest absolute Gasteiger partial charge is 0.253 e. The Bertz CT molecular complexity index is 781. The number of halogens is 1. The lowest BCUT2D eigenvalue weighted by molar-refractivity contribution is -0.139. The van der Waals surface area contributed by atoms with Gasteiger partial charge in [-0.2, -0.15) is 0 Å². The van der Waals surface area contributed by atoms with Gasteiger partial charge in [0.2, 0.25) is 5.91 Å². The van der Waals surface area contributed by atoms with Crippen LogP contribution < -0.4 is 5.32 Å². The topological polar surface area (TPSA) is 88.6 Å². The van der Waals surface area contributed by atoms with E-state index in [9.17, 15) is 14.4 Å². The predicted octanol–water partition coefficient (Wildman–Crippen LogP) is 1.79. The van der Waals surface area contributed by atoms with Crippen molar-refractivity contribution < 1.29 is 19.1 Å². The Hall–Kier alpha value is -1.99. The predicted molar refractivity (Wildman–Crippen MR) is 107 cm³/mol. The van der Waals surface area contributed by atoms with Crippen molar-refractivity contribution >= 4 is 29.2 Å². The van der Waals surface area contributed by atoms with Gasteiger partial charge in [-0.05, 0) is 36.8 Å². The molecule has 2 aliphatic heterocycles. The number of aromatic nitrogens is 1. The van der Waals surface area contributed by atoms with Crippen molar-refractivity contribution in [3.8, 4) is 0 Å². The third-order valence-corrected chi connectivity index (χ3v) is 6.80. The molecule has 3 aliphatic rings. The minimum Gasteiger partial charge on any atom is -0.366 e. The number of ketones is 1. The number of likely N-dealkylation sites (tertiary alicyclic amines) is 1. The fourth-order valence-electron chi connectivity index (χ4n) is 4.72. The average molecular weight is 420 g/mol. The number of hydrogen-bond acceptors (Lipinski definition) is 5. The highest BCUT2D eigenvalue weighted by atomic mass is 35.5. The maximum absolute atomic E-state index is 13.6. The maximum atomic E-state index is 13.6. The first-order valence-electron chi connectivity index (χ1n) is 10.3. The fourth-order valence-corrected chi connectivity index (χ4v) is 5.08. The summed E-state index contributed by atoms with van der Waals surface area (Å²) in [5.41, 5.74) is 0.407. The largest absolute Gasteiger partial charge is 0.366 e. The molecule has 0 radical (unpaired) electrons.